The fourth-order valence-corrected chi connectivity index (χ4v) is 4.55. The van der Waals surface area contributed by atoms with Crippen molar-refractivity contribution in [2.45, 2.75) is 17.3 Å². The molecule has 0 bridgehead atoms. The lowest BCUT2D eigenvalue weighted by atomic mass is 10.3. The van der Waals surface area contributed by atoms with Gasteiger partial charge in [-0.1, -0.05) is 36.0 Å². The first-order valence-electron chi connectivity index (χ1n) is 8.01. The molecule has 1 amide bonds. The van der Waals surface area contributed by atoms with Crippen molar-refractivity contribution in [1.82, 2.24) is 25.2 Å². The van der Waals surface area contributed by atoms with Crippen LogP contribution in [-0.2, 0) is 4.79 Å². The van der Waals surface area contributed by atoms with Crippen molar-refractivity contribution < 1.29 is 4.79 Å². The van der Waals surface area contributed by atoms with Crippen molar-refractivity contribution in [1.29, 1.82) is 0 Å². The second-order valence-corrected chi connectivity index (χ2v) is 8.59. The van der Waals surface area contributed by atoms with Crippen LogP contribution < -0.4 is 5.32 Å². The first-order valence-corrected chi connectivity index (χ1v) is 10.7. The number of para-hydroxylation sites is 1. The minimum Gasteiger partial charge on any atom is -0.301 e. The van der Waals surface area contributed by atoms with Gasteiger partial charge in [0.05, 0.1) is 21.5 Å². The number of benzene rings is 1. The van der Waals surface area contributed by atoms with Crippen LogP contribution in [-0.4, -0.2) is 36.3 Å². The first kappa shape index (κ1) is 17.8. The molecule has 0 saturated heterocycles. The van der Waals surface area contributed by atoms with Crippen LogP contribution in [0.2, 0.25) is 0 Å². The molecule has 0 aliphatic rings. The summed E-state index contributed by atoms with van der Waals surface area (Å²) in [7, 11) is 0. The maximum Gasteiger partial charge on any atom is 0.239 e. The van der Waals surface area contributed by atoms with Crippen LogP contribution in [0.15, 0.2) is 58.4 Å². The zero-order valence-electron chi connectivity index (χ0n) is 14.1. The van der Waals surface area contributed by atoms with E-state index in [1.165, 1.54) is 23.1 Å². The van der Waals surface area contributed by atoms with E-state index in [4.69, 9.17) is 0 Å². The van der Waals surface area contributed by atoms with Crippen LogP contribution in [0, 0.1) is 0 Å². The second kappa shape index (κ2) is 7.99. The molecular formula is C17H14N6OS3. The van der Waals surface area contributed by atoms with Crippen molar-refractivity contribution in [3.05, 3.63) is 53.2 Å². The number of thioether (sulfide) groups is 1. The zero-order valence-corrected chi connectivity index (χ0v) is 16.6. The molecule has 0 saturated carbocycles. The van der Waals surface area contributed by atoms with E-state index in [1.54, 1.807) is 16.0 Å². The fraction of sp³-hybridized carbons (Fsp3) is 0.118. The van der Waals surface area contributed by atoms with E-state index < -0.39 is 0 Å². The standard InChI is InChI=1S/C17H14N6OS3/c1-11(27-17-20-21-22-23(17)12-6-3-2-4-7-12)15(24)19-16-18-13(10-26-16)14-8-5-9-25-14/h2-11H,1H3,(H,18,19,24). The van der Waals surface area contributed by atoms with E-state index in [-0.39, 0.29) is 11.2 Å². The zero-order chi connectivity index (χ0) is 18.6. The molecule has 0 radical (unpaired) electrons. The fourth-order valence-electron chi connectivity index (χ4n) is 2.27. The normalized spacial score (nSPS) is 12.0. The molecule has 3 heterocycles. The molecule has 4 rings (SSSR count). The average Bonchev–Trinajstić information content (AvgIpc) is 3.44. The van der Waals surface area contributed by atoms with Gasteiger partial charge >= 0.3 is 0 Å². The van der Waals surface area contributed by atoms with E-state index in [0.29, 0.717) is 10.3 Å². The highest BCUT2D eigenvalue weighted by Crippen LogP contribution is 2.29. The van der Waals surface area contributed by atoms with Crippen LogP contribution in [0.3, 0.4) is 0 Å². The third-order valence-electron chi connectivity index (χ3n) is 3.60. The Bertz CT molecular complexity index is 1030. The van der Waals surface area contributed by atoms with Gasteiger partial charge in [-0.05, 0) is 40.9 Å². The topological polar surface area (TPSA) is 85.6 Å². The van der Waals surface area contributed by atoms with E-state index in [0.717, 1.165) is 16.3 Å². The number of thiophene rings is 1. The number of carbonyl (C=O) groups is 1. The Morgan fingerprint density at radius 2 is 2.04 bits per heavy atom. The highest BCUT2D eigenvalue weighted by atomic mass is 32.2. The van der Waals surface area contributed by atoms with Gasteiger partial charge in [-0.25, -0.2) is 4.98 Å². The van der Waals surface area contributed by atoms with Crippen molar-refractivity contribution in [3.63, 3.8) is 0 Å². The molecule has 27 heavy (non-hydrogen) atoms. The van der Waals surface area contributed by atoms with Crippen molar-refractivity contribution in [2.75, 3.05) is 5.32 Å². The van der Waals surface area contributed by atoms with Crippen LogP contribution in [0.5, 0.6) is 0 Å². The summed E-state index contributed by atoms with van der Waals surface area (Å²) >= 11 is 4.33. The lowest BCUT2D eigenvalue weighted by Crippen LogP contribution is -2.22. The Hall–Kier alpha value is -2.56. The van der Waals surface area contributed by atoms with Crippen LogP contribution in [0.4, 0.5) is 5.13 Å². The Labute approximate surface area is 167 Å². The molecule has 0 aliphatic carbocycles. The summed E-state index contributed by atoms with van der Waals surface area (Å²) < 4.78 is 1.62. The Balaban J connectivity index is 1.43. The van der Waals surface area contributed by atoms with Crippen molar-refractivity contribution in [2.24, 2.45) is 0 Å². The summed E-state index contributed by atoms with van der Waals surface area (Å²) in [4.78, 5) is 18.1. The molecule has 3 aromatic heterocycles. The summed E-state index contributed by atoms with van der Waals surface area (Å²) in [5, 5.41) is 19.3. The van der Waals surface area contributed by atoms with E-state index >= 15 is 0 Å². The maximum atomic E-state index is 12.5. The minimum absolute atomic E-state index is 0.144. The Kier molecular flexibility index (Phi) is 5.28. The number of aromatic nitrogens is 5. The summed E-state index contributed by atoms with van der Waals surface area (Å²) in [6.07, 6.45) is 0. The minimum atomic E-state index is -0.382. The molecule has 1 aromatic carbocycles. The summed E-state index contributed by atoms with van der Waals surface area (Å²) in [5.74, 6) is -0.144. The highest BCUT2D eigenvalue weighted by Gasteiger charge is 2.20. The quantitative estimate of drug-likeness (QED) is 0.481. The molecule has 1 unspecified atom stereocenters. The van der Waals surface area contributed by atoms with Crippen molar-refractivity contribution in [3.8, 4) is 16.3 Å². The van der Waals surface area contributed by atoms with Gasteiger partial charge in [0.1, 0.15) is 0 Å². The molecule has 1 atom stereocenters. The van der Waals surface area contributed by atoms with E-state index in [2.05, 4.69) is 25.8 Å². The number of thiazole rings is 1. The summed E-state index contributed by atoms with van der Waals surface area (Å²) in [6.45, 7) is 1.82. The molecule has 7 nitrogen and oxygen atoms in total. The lowest BCUT2D eigenvalue weighted by Gasteiger charge is -2.10. The van der Waals surface area contributed by atoms with Gasteiger partial charge in [-0.15, -0.1) is 27.8 Å². The number of rotatable bonds is 6. The average molecular weight is 415 g/mol. The molecule has 0 spiro atoms. The monoisotopic (exact) mass is 414 g/mol. The van der Waals surface area contributed by atoms with Gasteiger partial charge in [0, 0.05) is 5.38 Å². The van der Waals surface area contributed by atoms with Crippen LogP contribution in [0.25, 0.3) is 16.3 Å². The Morgan fingerprint density at radius 3 is 2.81 bits per heavy atom. The molecule has 136 valence electrons. The third kappa shape index (κ3) is 4.07. The Morgan fingerprint density at radius 1 is 1.19 bits per heavy atom. The second-order valence-electron chi connectivity index (χ2n) is 5.47. The maximum absolute atomic E-state index is 12.5. The number of hydrogen-bond acceptors (Lipinski definition) is 8. The van der Waals surface area contributed by atoms with Gasteiger partial charge in [0.25, 0.3) is 0 Å². The predicted octanol–water partition coefficient (Wildman–Crippen LogP) is 3.97. The number of hydrogen-bond donors (Lipinski definition) is 1. The molecule has 10 heteroatoms. The van der Waals surface area contributed by atoms with Gasteiger partial charge in [-0.2, -0.15) is 4.68 Å². The van der Waals surface area contributed by atoms with E-state index in [1.807, 2.05) is 60.1 Å². The number of nitrogens with one attached hydrogen (secondary N) is 1. The number of anilines is 1. The number of carbonyl (C=O) groups excluding carboxylic acids is 1. The SMILES string of the molecule is CC(Sc1nnnn1-c1ccccc1)C(=O)Nc1nc(-c2cccs2)cs1. The number of tetrazole rings is 1. The predicted molar refractivity (Wildman–Crippen MR) is 109 cm³/mol. The number of amides is 1. The van der Waals surface area contributed by atoms with Gasteiger partial charge in [0.15, 0.2) is 5.13 Å². The molecular weight excluding hydrogens is 400 g/mol. The third-order valence-corrected chi connectivity index (χ3v) is 6.28. The highest BCUT2D eigenvalue weighted by molar-refractivity contribution is 8.00. The summed E-state index contributed by atoms with van der Waals surface area (Å²) in [5.41, 5.74) is 1.72. The van der Waals surface area contributed by atoms with Crippen LogP contribution >= 0.6 is 34.4 Å². The van der Waals surface area contributed by atoms with Gasteiger partial charge < -0.3 is 5.32 Å². The molecule has 1 N–H and O–H groups in total. The van der Waals surface area contributed by atoms with Gasteiger partial charge in [-0.3, -0.25) is 4.79 Å². The van der Waals surface area contributed by atoms with Crippen LogP contribution in [0.1, 0.15) is 6.92 Å². The molecule has 4 aromatic rings. The number of nitrogens with zero attached hydrogens (tertiary/aromatic N) is 5. The molecule has 0 fully saturated rings. The van der Waals surface area contributed by atoms with E-state index in [9.17, 15) is 4.79 Å². The first-order chi connectivity index (χ1) is 13.2. The van der Waals surface area contributed by atoms with Crippen molar-refractivity contribution >= 4 is 45.5 Å². The smallest absolute Gasteiger partial charge is 0.239 e. The summed E-state index contributed by atoms with van der Waals surface area (Å²) in [6, 6.07) is 13.6. The van der Waals surface area contributed by atoms with Gasteiger partial charge in [0.2, 0.25) is 11.1 Å². The largest absolute Gasteiger partial charge is 0.301 e. The molecule has 0 aliphatic heterocycles. The lowest BCUT2D eigenvalue weighted by molar-refractivity contribution is -0.115.